The quantitative estimate of drug-likeness (QED) is 0.783. The minimum atomic E-state index is -0.534. The van der Waals surface area contributed by atoms with Crippen LogP contribution in [0.5, 0.6) is 0 Å². The molecular formula is C14H19N3O3. The summed E-state index contributed by atoms with van der Waals surface area (Å²) >= 11 is 0. The molecule has 0 atom stereocenters. The van der Waals surface area contributed by atoms with Gasteiger partial charge in [0.25, 0.3) is 5.91 Å². The lowest BCUT2D eigenvalue weighted by atomic mass is 10.1. The van der Waals surface area contributed by atoms with E-state index in [9.17, 15) is 9.59 Å². The molecule has 0 spiro atoms. The molecule has 1 fully saturated rings. The Morgan fingerprint density at radius 2 is 1.95 bits per heavy atom. The molecule has 0 saturated carbocycles. The van der Waals surface area contributed by atoms with E-state index < -0.39 is 5.91 Å². The van der Waals surface area contributed by atoms with Gasteiger partial charge in [-0.15, -0.1) is 0 Å². The van der Waals surface area contributed by atoms with Gasteiger partial charge < -0.3 is 15.8 Å². The Balaban J connectivity index is 1.82. The molecule has 6 heteroatoms. The van der Waals surface area contributed by atoms with Crippen LogP contribution < -0.4 is 11.1 Å². The topological polar surface area (TPSA) is 84.7 Å². The molecule has 2 rings (SSSR count). The lowest BCUT2D eigenvalue weighted by molar-refractivity contribution is 0.0383. The number of hydrogen-bond acceptors (Lipinski definition) is 4. The molecule has 0 radical (unpaired) electrons. The first kappa shape index (κ1) is 14.5. The van der Waals surface area contributed by atoms with Gasteiger partial charge in [-0.25, -0.2) is 0 Å². The monoisotopic (exact) mass is 277 g/mol. The summed E-state index contributed by atoms with van der Waals surface area (Å²) in [5, 5.41) is 2.84. The normalized spacial score (nSPS) is 15.8. The Morgan fingerprint density at radius 1 is 1.25 bits per heavy atom. The van der Waals surface area contributed by atoms with Crippen LogP contribution in [-0.2, 0) is 4.74 Å². The second kappa shape index (κ2) is 7.02. The number of benzene rings is 1. The number of morpholine rings is 1. The van der Waals surface area contributed by atoms with E-state index in [1.807, 2.05) is 0 Å². The minimum absolute atomic E-state index is 0.193. The summed E-state index contributed by atoms with van der Waals surface area (Å²) in [7, 11) is 0. The number of nitrogens with two attached hydrogens (primary N) is 1. The van der Waals surface area contributed by atoms with Crippen LogP contribution >= 0.6 is 0 Å². The maximum absolute atomic E-state index is 12.0. The van der Waals surface area contributed by atoms with Gasteiger partial charge in [0.2, 0.25) is 5.91 Å². The molecule has 1 saturated heterocycles. The molecule has 1 heterocycles. The number of carbonyl (C=O) groups is 2. The number of primary amides is 1. The zero-order valence-electron chi connectivity index (χ0n) is 11.3. The van der Waals surface area contributed by atoms with E-state index in [2.05, 4.69) is 10.2 Å². The highest BCUT2D eigenvalue weighted by atomic mass is 16.5. The summed E-state index contributed by atoms with van der Waals surface area (Å²) in [6.07, 6.45) is 0. The largest absolute Gasteiger partial charge is 0.379 e. The van der Waals surface area contributed by atoms with Crippen LogP contribution in [0.15, 0.2) is 24.3 Å². The average molecular weight is 277 g/mol. The van der Waals surface area contributed by atoms with Crippen molar-refractivity contribution in [2.24, 2.45) is 5.73 Å². The molecule has 0 aliphatic carbocycles. The minimum Gasteiger partial charge on any atom is -0.379 e. The molecular weight excluding hydrogens is 258 g/mol. The SMILES string of the molecule is NC(=O)c1cccc(C(=O)NCCN2CCOCC2)c1. The van der Waals surface area contributed by atoms with Gasteiger partial charge in [-0.2, -0.15) is 0 Å². The van der Waals surface area contributed by atoms with Crippen LogP contribution in [0.4, 0.5) is 0 Å². The first-order chi connectivity index (χ1) is 9.66. The predicted molar refractivity (Wildman–Crippen MR) is 74.6 cm³/mol. The summed E-state index contributed by atoms with van der Waals surface area (Å²) in [6.45, 7) is 4.65. The predicted octanol–water partition coefficient (Wildman–Crippen LogP) is -0.153. The van der Waals surface area contributed by atoms with E-state index in [1.165, 1.54) is 6.07 Å². The molecule has 0 aromatic heterocycles. The molecule has 1 aliphatic rings. The molecule has 20 heavy (non-hydrogen) atoms. The molecule has 1 aliphatic heterocycles. The highest BCUT2D eigenvalue weighted by Crippen LogP contribution is 2.04. The second-order valence-electron chi connectivity index (χ2n) is 4.65. The van der Waals surface area contributed by atoms with E-state index in [4.69, 9.17) is 10.5 Å². The van der Waals surface area contributed by atoms with Crippen molar-refractivity contribution in [1.82, 2.24) is 10.2 Å². The summed E-state index contributed by atoms with van der Waals surface area (Å²) in [5.41, 5.74) is 5.98. The van der Waals surface area contributed by atoms with Crippen molar-refractivity contribution in [3.05, 3.63) is 35.4 Å². The van der Waals surface area contributed by atoms with E-state index in [1.54, 1.807) is 18.2 Å². The highest BCUT2D eigenvalue weighted by molar-refractivity contribution is 5.99. The van der Waals surface area contributed by atoms with Gasteiger partial charge in [0.05, 0.1) is 13.2 Å². The Hall–Kier alpha value is -1.92. The summed E-state index contributed by atoms with van der Waals surface area (Å²) in [6, 6.07) is 6.41. The molecule has 108 valence electrons. The van der Waals surface area contributed by atoms with Gasteiger partial charge in [-0.3, -0.25) is 14.5 Å². The van der Waals surface area contributed by atoms with E-state index in [-0.39, 0.29) is 5.91 Å². The second-order valence-corrected chi connectivity index (χ2v) is 4.65. The maximum atomic E-state index is 12.0. The van der Waals surface area contributed by atoms with Gasteiger partial charge in [-0.05, 0) is 18.2 Å². The van der Waals surface area contributed by atoms with Gasteiger partial charge in [0.15, 0.2) is 0 Å². The third-order valence-corrected chi connectivity index (χ3v) is 3.23. The fourth-order valence-corrected chi connectivity index (χ4v) is 2.07. The van der Waals surface area contributed by atoms with Crippen molar-refractivity contribution in [3.8, 4) is 0 Å². The number of ether oxygens (including phenoxy) is 1. The molecule has 2 amide bonds. The fraction of sp³-hybridized carbons (Fsp3) is 0.429. The summed E-state index contributed by atoms with van der Waals surface area (Å²) < 4.78 is 5.26. The van der Waals surface area contributed by atoms with Gasteiger partial charge >= 0.3 is 0 Å². The fourth-order valence-electron chi connectivity index (χ4n) is 2.07. The first-order valence-corrected chi connectivity index (χ1v) is 6.65. The molecule has 6 nitrogen and oxygen atoms in total. The van der Waals surface area contributed by atoms with E-state index in [0.29, 0.717) is 17.7 Å². The third kappa shape index (κ3) is 4.04. The van der Waals surface area contributed by atoms with Crippen molar-refractivity contribution >= 4 is 11.8 Å². The van der Waals surface area contributed by atoms with Crippen LogP contribution in [0.25, 0.3) is 0 Å². The van der Waals surface area contributed by atoms with Crippen molar-refractivity contribution in [1.29, 1.82) is 0 Å². The lowest BCUT2D eigenvalue weighted by Gasteiger charge is -2.26. The average Bonchev–Trinajstić information content (AvgIpc) is 2.48. The van der Waals surface area contributed by atoms with Crippen LogP contribution in [0.2, 0.25) is 0 Å². The van der Waals surface area contributed by atoms with Gasteiger partial charge in [-0.1, -0.05) is 6.07 Å². The molecule has 3 N–H and O–H groups in total. The first-order valence-electron chi connectivity index (χ1n) is 6.65. The number of nitrogens with zero attached hydrogens (tertiary/aromatic N) is 1. The Morgan fingerprint density at radius 3 is 2.65 bits per heavy atom. The molecule has 1 aromatic carbocycles. The standard InChI is InChI=1S/C14H19N3O3/c15-13(18)11-2-1-3-12(10-11)14(19)16-4-5-17-6-8-20-9-7-17/h1-3,10H,4-9H2,(H2,15,18)(H,16,19). The van der Waals surface area contributed by atoms with Gasteiger partial charge in [0.1, 0.15) is 0 Å². The van der Waals surface area contributed by atoms with Crippen molar-refractivity contribution < 1.29 is 14.3 Å². The van der Waals surface area contributed by atoms with E-state index in [0.717, 1.165) is 32.8 Å². The van der Waals surface area contributed by atoms with Crippen molar-refractivity contribution in [3.63, 3.8) is 0 Å². The van der Waals surface area contributed by atoms with Crippen LogP contribution in [0, 0.1) is 0 Å². The number of nitrogens with one attached hydrogen (secondary N) is 1. The molecule has 0 bridgehead atoms. The number of amides is 2. The summed E-state index contributed by atoms with van der Waals surface area (Å²) in [5.74, 6) is -0.727. The number of rotatable bonds is 5. The van der Waals surface area contributed by atoms with Crippen LogP contribution in [-0.4, -0.2) is 56.1 Å². The Labute approximate surface area is 117 Å². The lowest BCUT2D eigenvalue weighted by Crippen LogP contribution is -2.41. The van der Waals surface area contributed by atoms with E-state index >= 15 is 0 Å². The smallest absolute Gasteiger partial charge is 0.251 e. The Bertz CT molecular complexity index is 484. The zero-order valence-corrected chi connectivity index (χ0v) is 11.3. The summed E-state index contributed by atoms with van der Waals surface area (Å²) in [4.78, 5) is 25.3. The molecule has 0 unspecified atom stereocenters. The van der Waals surface area contributed by atoms with Crippen LogP contribution in [0.1, 0.15) is 20.7 Å². The van der Waals surface area contributed by atoms with Crippen molar-refractivity contribution in [2.75, 3.05) is 39.4 Å². The Kier molecular flexibility index (Phi) is 5.09. The van der Waals surface area contributed by atoms with Gasteiger partial charge in [0, 0.05) is 37.3 Å². The third-order valence-electron chi connectivity index (χ3n) is 3.23. The highest BCUT2D eigenvalue weighted by Gasteiger charge is 2.11. The molecule has 1 aromatic rings. The number of hydrogen-bond donors (Lipinski definition) is 2. The van der Waals surface area contributed by atoms with Crippen molar-refractivity contribution in [2.45, 2.75) is 0 Å². The maximum Gasteiger partial charge on any atom is 0.251 e. The number of carbonyl (C=O) groups excluding carboxylic acids is 2. The zero-order chi connectivity index (χ0) is 14.4. The van der Waals surface area contributed by atoms with Crippen LogP contribution in [0.3, 0.4) is 0 Å².